The highest BCUT2D eigenvalue weighted by atomic mass is 35.5. The lowest BCUT2D eigenvalue weighted by Gasteiger charge is -2.21. The molecule has 9 aromatic carbocycles. The normalized spacial score (nSPS) is 9.44. The van der Waals surface area contributed by atoms with E-state index in [4.69, 9.17) is 69.5 Å². The minimum absolute atomic E-state index is 0. The summed E-state index contributed by atoms with van der Waals surface area (Å²) in [6.07, 6.45) is 12.4. The highest BCUT2D eigenvalue weighted by Gasteiger charge is 2.20. The van der Waals surface area contributed by atoms with Crippen molar-refractivity contribution in [1.29, 1.82) is 0 Å². The lowest BCUT2D eigenvalue weighted by atomic mass is 10.2. The molecule has 0 aliphatic heterocycles. The van der Waals surface area contributed by atoms with Crippen LogP contribution in [0.2, 0.25) is 21.0 Å². The fraction of sp³-hybridized carbons (Fsp3) is 0.168. The van der Waals surface area contributed by atoms with Gasteiger partial charge in [0.05, 0.1) is 19.7 Å². The molecule has 3 radical (unpaired) electrons. The molecule has 9 N–H and O–H groups in total. The van der Waals surface area contributed by atoms with Crippen LogP contribution >= 0.6 is 58.0 Å². The Kier molecular flexibility index (Phi) is 56.3. The van der Waals surface area contributed by atoms with E-state index in [0.29, 0.717) is 68.9 Å². The summed E-state index contributed by atoms with van der Waals surface area (Å²) in [6, 6.07) is 69.3. The number of nitro benzene ring substituents is 4. The molecule has 0 saturated heterocycles. The summed E-state index contributed by atoms with van der Waals surface area (Å²) in [5.74, 6) is 4.72. The van der Waals surface area contributed by atoms with Crippen molar-refractivity contribution in [2.24, 2.45) is 0 Å². The number of carbonyl (C=O) groups is 2. The molecular weight excluding hydrogens is 1940 g/mol. The van der Waals surface area contributed by atoms with Gasteiger partial charge in [0.25, 0.3) is 22.7 Å². The third-order valence-electron chi connectivity index (χ3n) is 18.3. The molecule has 43 heteroatoms. The number of benzene rings is 9. The maximum Gasteiger partial charge on any atom is 0.271 e. The predicted molar refractivity (Wildman–Crippen MR) is 594 cm³/mol. The van der Waals surface area contributed by atoms with Gasteiger partial charge in [0.2, 0.25) is 44.8 Å². The third-order valence-corrected chi connectivity index (χ3v) is 19.4. The summed E-state index contributed by atoms with van der Waals surface area (Å²) in [5, 5.41) is 58.2. The van der Waals surface area contributed by atoms with Crippen LogP contribution in [-0.4, -0.2) is 127 Å². The van der Waals surface area contributed by atoms with Crippen molar-refractivity contribution in [1.82, 2.24) is 59.8 Å². The first-order chi connectivity index (χ1) is 64.9. The molecule has 0 fully saturated rings. The third kappa shape index (κ3) is 40.9. The fourth-order valence-corrected chi connectivity index (χ4v) is 12.0. The Morgan fingerprint density at radius 2 is 0.625 bits per heavy atom. The quantitative estimate of drug-likeness (QED) is 0.00457. The number of rotatable bonds is 23. The number of anilines is 19. The zero-order valence-corrected chi connectivity index (χ0v) is 79.0. The summed E-state index contributed by atoms with van der Waals surface area (Å²) in [5.41, 5.74) is 24.9. The minimum Gasteiger partial charge on any atom is -0.399 e. The van der Waals surface area contributed by atoms with Gasteiger partial charge in [0.15, 0.2) is 0 Å². The maximum absolute atomic E-state index is 11.5. The molecule has 0 atom stereocenters. The van der Waals surface area contributed by atoms with Crippen molar-refractivity contribution in [2.75, 3.05) is 85.8 Å². The maximum atomic E-state index is 11.5. The first-order valence-electron chi connectivity index (χ1n) is 40.2. The molecule has 6 heterocycles. The molecule has 0 spiro atoms. The van der Waals surface area contributed by atoms with Crippen LogP contribution in [0.25, 0.3) is 0 Å². The van der Waals surface area contributed by atoms with Crippen molar-refractivity contribution < 1.29 is 30.7 Å². The first-order valence-corrected chi connectivity index (χ1v) is 42.1. The van der Waals surface area contributed by atoms with E-state index in [-0.39, 0.29) is 106 Å². The Bertz CT molecular complexity index is 6680. The number of nitrogens with zero attached hydrogens (tertiary/aromatic N) is 20. The summed E-state index contributed by atoms with van der Waals surface area (Å²) in [6.45, 7) is 17.9. The molecule has 6 aromatic heterocycles. The van der Waals surface area contributed by atoms with E-state index in [9.17, 15) is 50.0 Å². The van der Waals surface area contributed by atoms with E-state index in [1.165, 1.54) is 54.6 Å². The molecule has 0 aliphatic rings. The highest BCUT2D eigenvalue weighted by Crippen LogP contribution is 2.34. The van der Waals surface area contributed by atoms with Crippen LogP contribution in [0.5, 0.6) is 0 Å². The average Bonchev–Trinajstić information content (AvgIpc) is 0.818. The number of hydrogen-bond acceptors (Lipinski definition) is 32. The van der Waals surface area contributed by atoms with Crippen LogP contribution in [0, 0.1) is 82.0 Å². The number of carbonyl (C=O) groups excluding carboxylic acids is 2. The number of aromatic nitrogens is 12. The monoisotopic (exact) mass is 2060 g/mol. The van der Waals surface area contributed by atoms with Gasteiger partial charge in [-0.15, -0.1) is 0 Å². The lowest BCUT2D eigenvalue weighted by Crippen LogP contribution is -2.15. The van der Waals surface area contributed by atoms with Crippen molar-refractivity contribution in [2.45, 2.75) is 93.5 Å². The van der Waals surface area contributed by atoms with Gasteiger partial charge in [0.1, 0.15) is 34.2 Å². The van der Waals surface area contributed by atoms with Crippen LogP contribution in [0.4, 0.5) is 132 Å². The van der Waals surface area contributed by atoms with E-state index in [2.05, 4.69) is 99.5 Å². The SMILES string of the molecule is C.C.C.C.C.C.C.C=CC(=O)Cl.C=CC(=O)Nc1cccc(N(C)c2nc(Nc3ccccc3)ncc2C)c1.Cc1cnc(Cl)nc1Cl.Cc1cnc(Cl)nc1N(C)c1cccc([N+](=O)[O-])c1.Cc1cnc(Cl)nc1Nc1cccc([N+](=O)[O-])c1.Cc1cnc(Nc2ccccc2)nc1N(C)c1cccc(N)c1.Cc1cnc(Nc2ccccc2)nc1N(C)c1cccc([N+](=O)[O-])c1.Nc1cccc([N+](=O)[O-])c1.[2HH].[B]. The molecule has 144 heavy (non-hydrogen) atoms. The molecule has 0 saturated carbocycles. The smallest absolute Gasteiger partial charge is 0.271 e. The number of nitro groups is 4. The van der Waals surface area contributed by atoms with Crippen LogP contribution < -0.4 is 57.7 Å². The van der Waals surface area contributed by atoms with E-state index in [1.54, 1.807) is 96.4 Å². The van der Waals surface area contributed by atoms with Crippen LogP contribution in [0.1, 0.15) is 86.8 Å². The number of nitrogen functional groups attached to an aromatic ring is 2. The number of amides is 1. The average molecular weight is 2060 g/mol. The van der Waals surface area contributed by atoms with Crippen LogP contribution in [0.15, 0.2) is 299 Å². The fourth-order valence-electron chi connectivity index (χ4n) is 11.5. The van der Waals surface area contributed by atoms with E-state index >= 15 is 0 Å². The molecule has 37 nitrogen and oxygen atoms in total. The standard InChI is InChI=1S/C21H21N5O.C18H17N5O2.C18H19N5.C12H11ClN4O2.C11H9ClN4O2.C6H6N2O2.C5H4Cl2N2.C3H3ClO.7CH4.B.H2/c1-4-19(27)23-17-11-8-12-18(13-17)26(3)20-15(2)14-22-21(25-20)24-16-9-6-5-7-10-16;1-13-12-19-18(20-14-7-4-3-5-8-14)21-17(13)22(2)15-9-6-10-16(11-15)23(24)25;1-13-12-20-18(21-15-8-4-3-5-9-15)22-17(13)23(2)16-10-6-7-14(19)11-16;1-8-7-14-12(13)15-11(8)16(2)9-4-3-5-10(6-9)17(18)19;1-7-6-13-11(12)15-10(7)14-8-3-2-4-9(5-8)16(17)18;7-5-2-1-3-6(4-5)8(9)10;1-3-2-8-5(7)9-4(3)6;1-2-3(4)5;;;;;;;;;/h4-14H,1H2,2-3H3,(H,23,27)(H,22,24,25);3-12H,1-2H3,(H,19,20,21);3-12H,19H2,1-2H3,(H,20,21,22);3-7H,1-2H3;2-6H,1H3,(H,13,14,15);1-4H,7H2;2H,1H3;2H,1H2;7*1H4;;1H/i;;;;;;;;;;;;;;;;1+1. The van der Waals surface area contributed by atoms with Gasteiger partial charge in [-0.3, -0.25) is 50.0 Å². The number of allylic oxidation sites excluding steroid dienone is 1. The van der Waals surface area contributed by atoms with Crippen LogP contribution in [0.3, 0.4) is 0 Å². The summed E-state index contributed by atoms with van der Waals surface area (Å²) < 4.78 is 0. The zero-order valence-electron chi connectivity index (χ0n) is 75.2. The van der Waals surface area contributed by atoms with E-state index < -0.39 is 24.9 Å². The van der Waals surface area contributed by atoms with Crippen molar-refractivity contribution in [3.05, 3.63) is 394 Å². The van der Waals surface area contributed by atoms with Crippen molar-refractivity contribution in [3.8, 4) is 0 Å². The second kappa shape index (κ2) is 63.7. The Morgan fingerprint density at radius 3 is 0.972 bits per heavy atom. The van der Waals surface area contributed by atoms with Crippen molar-refractivity contribution >= 4 is 210 Å². The highest BCUT2D eigenvalue weighted by molar-refractivity contribution is 6.66. The number of hydrogen-bond donors (Lipinski definition) is 7. The number of para-hydroxylation sites is 3. The molecule has 0 unspecified atom stereocenters. The van der Waals surface area contributed by atoms with E-state index in [1.807, 2.05) is 218 Å². The number of non-ortho nitro benzene ring substituents is 4. The molecule has 15 aromatic rings. The Labute approximate surface area is 868 Å². The molecular formula is C101H120BCl5N27O10. The van der Waals surface area contributed by atoms with Gasteiger partial charge in [0, 0.05) is 220 Å². The van der Waals surface area contributed by atoms with E-state index in [0.717, 1.165) is 85.2 Å². The second-order valence-corrected chi connectivity index (χ2v) is 30.2. The summed E-state index contributed by atoms with van der Waals surface area (Å²) in [4.78, 5) is 119. The molecule has 1 amide bonds. The molecule has 0 bridgehead atoms. The molecule has 15 rings (SSSR count). The van der Waals surface area contributed by atoms with Gasteiger partial charge in [-0.2, -0.15) is 19.9 Å². The summed E-state index contributed by atoms with van der Waals surface area (Å²) in [7, 11) is 7.48. The number of aryl methyl sites for hydroxylation is 6. The van der Waals surface area contributed by atoms with Crippen molar-refractivity contribution in [3.63, 3.8) is 0 Å². The van der Waals surface area contributed by atoms with Gasteiger partial charge in [-0.05, 0) is 197 Å². The molecule has 757 valence electrons. The number of nitrogens with two attached hydrogens (primary N) is 2. The largest absolute Gasteiger partial charge is 0.399 e. The van der Waals surface area contributed by atoms with Gasteiger partial charge in [-0.25, -0.2) is 39.9 Å². The lowest BCUT2D eigenvalue weighted by molar-refractivity contribution is -0.385. The number of halogens is 5. The van der Waals surface area contributed by atoms with Gasteiger partial charge < -0.3 is 57.7 Å². The Hall–Kier alpha value is -16.8. The first kappa shape index (κ1) is 127. The Balaban J connectivity index is 0. The van der Waals surface area contributed by atoms with Gasteiger partial charge >= 0.3 is 0 Å². The predicted octanol–water partition coefficient (Wildman–Crippen LogP) is 27.2. The van der Waals surface area contributed by atoms with Crippen LogP contribution in [-0.2, 0) is 9.59 Å². The number of nitrogens with one attached hydrogen (secondary N) is 5. The zero-order chi connectivity index (χ0) is 99.1. The molecule has 0 aliphatic carbocycles. The second-order valence-electron chi connectivity index (χ2n) is 28.4. The topological polar surface area (TPSA) is 487 Å². The summed E-state index contributed by atoms with van der Waals surface area (Å²) >= 11 is 27.2. The van der Waals surface area contributed by atoms with Gasteiger partial charge in [-0.1, -0.05) is 168 Å². The Morgan fingerprint density at radius 1 is 0.340 bits per heavy atom. The minimum atomic E-state index is -0.509.